The van der Waals surface area contributed by atoms with Gasteiger partial charge in [0.15, 0.2) is 0 Å². The van der Waals surface area contributed by atoms with Gasteiger partial charge in [0.1, 0.15) is 11.9 Å². The largest absolute Gasteiger partial charge is 0.497 e. The van der Waals surface area contributed by atoms with Crippen LogP contribution in [0.25, 0.3) is 0 Å². The normalized spacial score (nSPS) is 17.7. The summed E-state index contributed by atoms with van der Waals surface area (Å²) in [4.78, 5) is 12.4. The summed E-state index contributed by atoms with van der Waals surface area (Å²) >= 11 is 0. The highest BCUT2D eigenvalue weighted by molar-refractivity contribution is 5.96. The second-order valence-corrected chi connectivity index (χ2v) is 4.86. The Hall–Kier alpha value is -2.07. The third-order valence-electron chi connectivity index (χ3n) is 3.46. The highest BCUT2D eigenvalue weighted by atomic mass is 16.5. The van der Waals surface area contributed by atoms with Crippen LogP contribution in [-0.2, 0) is 9.53 Å². The topological polar surface area (TPSA) is 47.6 Å². The SMILES string of the molecule is C=CC1=C(C(=O)NCCC)C(c2ccc(OC)cc2)OC1. The zero-order valence-corrected chi connectivity index (χ0v) is 12.5. The predicted octanol–water partition coefficient (Wildman–Crippen LogP) is 2.78. The van der Waals surface area contributed by atoms with E-state index in [0.717, 1.165) is 23.3 Å². The van der Waals surface area contributed by atoms with Crippen LogP contribution in [0, 0.1) is 0 Å². The van der Waals surface area contributed by atoms with Gasteiger partial charge in [-0.05, 0) is 29.7 Å². The molecule has 0 spiro atoms. The van der Waals surface area contributed by atoms with E-state index < -0.39 is 0 Å². The van der Waals surface area contributed by atoms with Gasteiger partial charge in [0, 0.05) is 6.54 Å². The van der Waals surface area contributed by atoms with Crippen molar-refractivity contribution < 1.29 is 14.3 Å². The summed E-state index contributed by atoms with van der Waals surface area (Å²) in [7, 11) is 1.63. The number of benzene rings is 1. The number of amides is 1. The quantitative estimate of drug-likeness (QED) is 0.875. The molecule has 4 nitrogen and oxygen atoms in total. The van der Waals surface area contributed by atoms with Gasteiger partial charge in [0.2, 0.25) is 0 Å². The number of carbonyl (C=O) groups is 1. The first kappa shape index (κ1) is 15.3. The van der Waals surface area contributed by atoms with Gasteiger partial charge >= 0.3 is 0 Å². The van der Waals surface area contributed by atoms with E-state index in [1.807, 2.05) is 31.2 Å². The smallest absolute Gasteiger partial charge is 0.250 e. The molecular weight excluding hydrogens is 266 g/mol. The summed E-state index contributed by atoms with van der Waals surface area (Å²) in [6.45, 7) is 6.86. The van der Waals surface area contributed by atoms with E-state index in [2.05, 4.69) is 11.9 Å². The Kier molecular flexibility index (Phi) is 5.17. The Morgan fingerprint density at radius 2 is 2.19 bits per heavy atom. The van der Waals surface area contributed by atoms with E-state index in [-0.39, 0.29) is 12.0 Å². The molecule has 0 fully saturated rings. The molecule has 0 saturated carbocycles. The number of rotatable bonds is 6. The van der Waals surface area contributed by atoms with Crippen molar-refractivity contribution in [2.45, 2.75) is 19.4 Å². The van der Waals surface area contributed by atoms with Gasteiger partial charge in [-0.25, -0.2) is 0 Å². The molecule has 0 bridgehead atoms. The number of hydrogen-bond acceptors (Lipinski definition) is 3. The third-order valence-corrected chi connectivity index (χ3v) is 3.46. The minimum absolute atomic E-state index is 0.0786. The minimum Gasteiger partial charge on any atom is -0.497 e. The summed E-state index contributed by atoms with van der Waals surface area (Å²) in [5, 5.41) is 2.91. The summed E-state index contributed by atoms with van der Waals surface area (Å²) < 4.78 is 10.9. The molecule has 112 valence electrons. The van der Waals surface area contributed by atoms with E-state index in [0.29, 0.717) is 18.7 Å². The summed E-state index contributed by atoms with van der Waals surface area (Å²) in [5.74, 6) is 0.701. The van der Waals surface area contributed by atoms with Crippen molar-refractivity contribution in [3.8, 4) is 5.75 Å². The number of hydrogen-bond donors (Lipinski definition) is 1. The second kappa shape index (κ2) is 7.09. The summed E-state index contributed by atoms with van der Waals surface area (Å²) in [5.41, 5.74) is 2.45. The molecule has 1 heterocycles. The third kappa shape index (κ3) is 3.34. The molecule has 0 saturated heterocycles. The number of methoxy groups -OCH3 is 1. The molecule has 2 rings (SSSR count). The van der Waals surface area contributed by atoms with Crippen LogP contribution in [0.15, 0.2) is 48.1 Å². The zero-order valence-electron chi connectivity index (χ0n) is 12.5. The lowest BCUT2D eigenvalue weighted by Gasteiger charge is -2.15. The maximum Gasteiger partial charge on any atom is 0.250 e. The molecule has 0 aromatic heterocycles. The number of carbonyl (C=O) groups excluding carboxylic acids is 1. The number of ether oxygens (including phenoxy) is 2. The van der Waals surface area contributed by atoms with E-state index in [9.17, 15) is 4.79 Å². The highest BCUT2D eigenvalue weighted by Gasteiger charge is 2.31. The van der Waals surface area contributed by atoms with Crippen molar-refractivity contribution in [3.05, 3.63) is 53.6 Å². The van der Waals surface area contributed by atoms with Gasteiger partial charge in [0.25, 0.3) is 5.91 Å². The van der Waals surface area contributed by atoms with Crippen molar-refractivity contribution in [1.29, 1.82) is 0 Å². The Labute approximate surface area is 125 Å². The van der Waals surface area contributed by atoms with Gasteiger partial charge in [0.05, 0.1) is 19.3 Å². The van der Waals surface area contributed by atoms with Gasteiger partial charge in [-0.15, -0.1) is 0 Å². The minimum atomic E-state index is -0.347. The average Bonchev–Trinajstić information content (AvgIpc) is 2.96. The Morgan fingerprint density at radius 1 is 1.48 bits per heavy atom. The number of nitrogens with one attached hydrogen (secondary N) is 1. The van der Waals surface area contributed by atoms with Crippen LogP contribution in [-0.4, -0.2) is 26.2 Å². The molecule has 4 heteroatoms. The molecule has 1 unspecified atom stereocenters. The fourth-order valence-corrected chi connectivity index (χ4v) is 2.31. The van der Waals surface area contributed by atoms with Gasteiger partial charge in [-0.1, -0.05) is 31.7 Å². The first-order valence-electron chi connectivity index (χ1n) is 7.10. The van der Waals surface area contributed by atoms with Crippen molar-refractivity contribution in [3.63, 3.8) is 0 Å². The maximum absolute atomic E-state index is 12.4. The molecule has 1 aromatic rings. The van der Waals surface area contributed by atoms with Crippen LogP contribution in [0.4, 0.5) is 0 Å². The standard InChI is InChI=1S/C17H21NO3/c1-4-10-18-17(19)15-12(5-2)11-21-16(15)13-6-8-14(20-3)9-7-13/h5-9,16H,2,4,10-11H2,1,3H3,(H,18,19). The van der Waals surface area contributed by atoms with Crippen LogP contribution in [0.5, 0.6) is 5.75 Å². The first-order valence-corrected chi connectivity index (χ1v) is 7.10. The van der Waals surface area contributed by atoms with Crippen LogP contribution >= 0.6 is 0 Å². The molecule has 21 heavy (non-hydrogen) atoms. The Bertz CT molecular complexity index is 546. The fraction of sp³-hybridized carbons (Fsp3) is 0.353. The van der Waals surface area contributed by atoms with Crippen molar-refractivity contribution in [1.82, 2.24) is 5.32 Å². The second-order valence-electron chi connectivity index (χ2n) is 4.86. The molecular formula is C17H21NO3. The van der Waals surface area contributed by atoms with E-state index in [1.54, 1.807) is 13.2 Å². The summed E-state index contributed by atoms with van der Waals surface area (Å²) in [6.07, 6.45) is 2.25. The van der Waals surface area contributed by atoms with Crippen molar-refractivity contribution in [2.24, 2.45) is 0 Å². The van der Waals surface area contributed by atoms with Crippen LogP contribution < -0.4 is 10.1 Å². The molecule has 0 radical (unpaired) electrons. The molecule has 1 atom stereocenters. The van der Waals surface area contributed by atoms with Gasteiger partial charge in [-0.3, -0.25) is 4.79 Å². The molecule has 0 aliphatic carbocycles. The molecule has 1 aliphatic rings. The lowest BCUT2D eigenvalue weighted by molar-refractivity contribution is -0.118. The first-order chi connectivity index (χ1) is 10.2. The van der Waals surface area contributed by atoms with E-state index >= 15 is 0 Å². The van der Waals surface area contributed by atoms with Gasteiger partial charge in [-0.2, -0.15) is 0 Å². The average molecular weight is 287 g/mol. The van der Waals surface area contributed by atoms with Crippen LogP contribution in [0.2, 0.25) is 0 Å². The van der Waals surface area contributed by atoms with Crippen LogP contribution in [0.1, 0.15) is 25.0 Å². The lowest BCUT2D eigenvalue weighted by Crippen LogP contribution is -2.28. The fourth-order valence-electron chi connectivity index (χ4n) is 2.31. The highest BCUT2D eigenvalue weighted by Crippen LogP contribution is 2.35. The Balaban J connectivity index is 2.27. The summed E-state index contributed by atoms with van der Waals surface area (Å²) in [6, 6.07) is 7.57. The lowest BCUT2D eigenvalue weighted by atomic mass is 9.98. The Morgan fingerprint density at radius 3 is 2.76 bits per heavy atom. The molecule has 1 aliphatic heterocycles. The molecule has 1 N–H and O–H groups in total. The van der Waals surface area contributed by atoms with Crippen molar-refractivity contribution in [2.75, 3.05) is 20.3 Å². The van der Waals surface area contributed by atoms with E-state index in [1.165, 1.54) is 0 Å². The molecule has 1 aromatic carbocycles. The van der Waals surface area contributed by atoms with Crippen LogP contribution in [0.3, 0.4) is 0 Å². The van der Waals surface area contributed by atoms with Crippen molar-refractivity contribution >= 4 is 5.91 Å². The zero-order chi connectivity index (χ0) is 15.2. The predicted molar refractivity (Wildman–Crippen MR) is 82.2 cm³/mol. The monoisotopic (exact) mass is 287 g/mol. The van der Waals surface area contributed by atoms with E-state index in [4.69, 9.17) is 9.47 Å². The molecule has 1 amide bonds. The van der Waals surface area contributed by atoms with Gasteiger partial charge < -0.3 is 14.8 Å². The maximum atomic E-state index is 12.4.